The number of hydrogen-bond acceptors (Lipinski definition) is 4. The molecule has 4 rings (SSSR count). The predicted molar refractivity (Wildman–Crippen MR) is 136 cm³/mol. The minimum Gasteiger partial charge on any atom is -0.480 e. The largest absolute Gasteiger partial charge is 0.480 e. The Kier molecular flexibility index (Phi) is 7.72. The van der Waals surface area contributed by atoms with Gasteiger partial charge in [0.2, 0.25) is 0 Å². The molecule has 0 bridgehead atoms. The zero-order valence-corrected chi connectivity index (χ0v) is 20.2. The van der Waals surface area contributed by atoms with Gasteiger partial charge < -0.3 is 4.74 Å². The van der Waals surface area contributed by atoms with Crippen LogP contribution in [-0.2, 0) is 4.79 Å². The molecule has 2 aromatic rings. The highest BCUT2D eigenvalue weighted by molar-refractivity contribution is 9.10. The van der Waals surface area contributed by atoms with Crippen LogP contribution in [0.3, 0.4) is 0 Å². The van der Waals surface area contributed by atoms with E-state index in [1.165, 1.54) is 43.9 Å². The lowest BCUT2D eigenvalue weighted by molar-refractivity contribution is -0.122. The van der Waals surface area contributed by atoms with Crippen LogP contribution in [0.2, 0.25) is 0 Å². The number of carbonyl (C=O) groups excluding carboxylic acids is 1. The normalized spacial score (nSPS) is 19.5. The maximum absolute atomic E-state index is 13.5. The van der Waals surface area contributed by atoms with Gasteiger partial charge in [-0.15, -0.1) is 6.42 Å². The number of benzene rings is 2. The van der Waals surface area contributed by atoms with Crippen LogP contribution in [0.5, 0.6) is 5.75 Å². The Morgan fingerprint density at radius 1 is 1.19 bits per heavy atom. The van der Waals surface area contributed by atoms with Crippen LogP contribution in [-0.4, -0.2) is 29.1 Å². The summed E-state index contributed by atoms with van der Waals surface area (Å²) < 4.78 is 6.60. The SMILES string of the molecule is C#CCOc1ccc(Br)cc1/C=C1\SC(=Nc2ccccc2)N(CC2CCCCC2)C1=O. The number of rotatable bonds is 6. The van der Waals surface area contributed by atoms with Gasteiger partial charge >= 0.3 is 0 Å². The number of thioether (sulfide) groups is 1. The summed E-state index contributed by atoms with van der Waals surface area (Å²) in [6.07, 6.45) is 13.3. The second kappa shape index (κ2) is 10.9. The Hall–Kier alpha value is -2.49. The molecule has 2 fully saturated rings. The third-order valence-electron chi connectivity index (χ3n) is 5.60. The van der Waals surface area contributed by atoms with E-state index < -0.39 is 0 Å². The van der Waals surface area contributed by atoms with Crippen molar-refractivity contribution in [3.05, 3.63) is 63.5 Å². The van der Waals surface area contributed by atoms with E-state index >= 15 is 0 Å². The summed E-state index contributed by atoms with van der Waals surface area (Å²) in [5.74, 6) is 3.67. The Morgan fingerprint density at radius 3 is 2.72 bits per heavy atom. The minimum absolute atomic E-state index is 0.00173. The Labute approximate surface area is 202 Å². The molecule has 164 valence electrons. The van der Waals surface area contributed by atoms with Crippen LogP contribution in [0.4, 0.5) is 5.69 Å². The van der Waals surface area contributed by atoms with Crippen molar-refractivity contribution in [2.24, 2.45) is 10.9 Å². The lowest BCUT2D eigenvalue weighted by Crippen LogP contribution is -2.34. The summed E-state index contributed by atoms with van der Waals surface area (Å²) in [7, 11) is 0. The molecule has 32 heavy (non-hydrogen) atoms. The fraction of sp³-hybridized carbons (Fsp3) is 0.308. The maximum atomic E-state index is 13.5. The number of hydrogen-bond donors (Lipinski definition) is 0. The van der Waals surface area contributed by atoms with Gasteiger partial charge in [0.1, 0.15) is 12.4 Å². The number of terminal acetylenes is 1. The highest BCUT2D eigenvalue weighted by Gasteiger charge is 2.35. The first-order valence-electron chi connectivity index (χ1n) is 10.8. The van der Waals surface area contributed by atoms with Crippen LogP contribution in [0.25, 0.3) is 6.08 Å². The average Bonchev–Trinajstić information content (AvgIpc) is 3.09. The smallest absolute Gasteiger partial charge is 0.266 e. The summed E-state index contributed by atoms with van der Waals surface area (Å²) in [6, 6.07) is 15.5. The van der Waals surface area contributed by atoms with Gasteiger partial charge in [-0.3, -0.25) is 9.69 Å². The van der Waals surface area contributed by atoms with Gasteiger partial charge in [0.15, 0.2) is 5.17 Å². The third-order valence-corrected chi connectivity index (χ3v) is 7.10. The van der Waals surface area contributed by atoms with E-state index in [1.54, 1.807) is 0 Å². The molecular weight excluding hydrogens is 484 g/mol. The van der Waals surface area contributed by atoms with Crippen molar-refractivity contribution in [2.75, 3.05) is 13.2 Å². The first kappa shape index (κ1) is 22.7. The molecule has 2 aliphatic rings. The molecule has 1 amide bonds. The van der Waals surface area contributed by atoms with Crippen molar-refractivity contribution >= 4 is 50.5 Å². The van der Waals surface area contributed by atoms with Crippen LogP contribution in [0, 0.1) is 18.3 Å². The highest BCUT2D eigenvalue weighted by Crippen LogP contribution is 2.38. The van der Waals surface area contributed by atoms with Gasteiger partial charge in [-0.2, -0.15) is 0 Å². The van der Waals surface area contributed by atoms with Gasteiger partial charge in [0.05, 0.1) is 10.6 Å². The van der Waals surface area contributed by atoms with E-state index in [2.05, 4.69) is 21.9 Å². The van der Waals surface area contributed by atoms with Crippen LogP contribution < -0.4 is 4.74 Å². The van der Waals surface area contributed by atoms with E-state index in [1.807, 2.05) is 59.5 Å². The summed E-state index contributed by atoms with van der Waals surface area (Å²) >= 11 is 4.93. The number of amidine groups is 1. The second-order valence-electron chi connectivity index (χ2n) is 7.94. The molecule has 1 aliphatic carbocycles. The molecule has 2 aromatic carbocycles. The fourth-order valence-electron chi connectivity index (χ4n) is 4.02. The predicted octanol–water partition coefficient (Wildman–Crippen LogP) is 6.65. The van der Waals surface area contributed by atoms with Gasteiger partial charge in [-0.1, -0.05) is 59.3 Å². The molecule has 1 aliphatic heterocycles. The molecule has 0 spiro atoms. The van der Waals surface area contributed by atoms with Crippen molar-refractivity contribution in [2.45, 2.75) is 32.1 Å². The van der Waals surface area contributed by atoms with Crippen molar-refractivity contribution in [1.82, 2.24) is 4.90 Å². The summed E-state index contributed by atoms with van der Waals surface area (Å²) in [6.45, 7) is 0.890. The van der Waals surface area contributed by atoms with Crippen molar-refractivity contribution in [3.63, 3.8) is 0 Å². The van der Waals surface area contributed by atoms with E-state index in [0.717, 1.165) is 20.9 Å². The lowest BCUT2D eigenvalue weighted by Gasteiger charge is -2.26. The van der Waals surface area contributed by atoms with Gasteiger partial charge in [0, 0.05) is 16.6 Å². The van der Waals surface area contributed by atoms with E-state index in [4.69, 9.17) is 16.2 Å². The molecule has 0 radical (unpaired) electrons. The summed E-state index contributed by atoms with van der Waals surface area (Å²) in [5.41, 5.74) is 1.65. The second-order valence-corrected chi connectivity index (χ2v) is 9.86. The molecule has 0 aromatic heterocycles. The monoisotopic (exact) mass is 508 g/mol. The van der Waals surface area contributed by atoms with Gasteiger partial charge in [0.25, 0.3) is 5.91 Å². The lowest BCUT2D eigenvalue weighted by atomic mass is 9.89. The van der Waals surface area contributed by atoms with Gasteiger partial charge in [-0.25, -0.2) is 4.99 Å². The fourth-order valence-corrected chi connectivity index (χ4v) is 5.40. The Morgan fingerprint density at radius 2 is 1.97 bits per heavy atom. The first-order chi connectivity index (χ1) is 15.6. The zero-order valence-electron chi connectivity index (χ0n) is 17.8. The molecule has 4 nitrogen and oxygen atoms in total. The summed E-state index contributed by atoms with van der Waals surface area (Å²) in [5, 5.41) is 0.735. The van der Waals surface area contributed by atoms with Crippen LogP contribution in [0.1, 0.15) is 37.7 Å². The molecule has 1 saturated carbocycles. The number of amides is 1. The number of nitrogens with zero attached hydrogens (tertiary/aromatic N) is 2. The Bertz CT molecular complexity index is 1070. The zero-order chi connectivity index (χ0) is 22.3. The summed E-state index contributed by atoms with van der Waals surface area (Å²) in [4.78, 5) is 20.8. The number of halogens is 1. The number of ether oxygens (including phenoxy) is 1. The molecule has 0 atom stereocenters. The van der Waals surface area contributed by atoms with Crippen LogP contribution in [0.15, 0.2) is 62.9 Å². The maximum Gasteiger partial charge on any atom is 0.266 e. The molecular formula is C26H25BrN2O2S. The van der Waals surface area contributed by atoms with E-state index in [0.29, 0.717) is 23.1 Å². The number of aliphatic imine (C=N–C) groups is 1. The molecule has 0 N–H and O–H groups in total. The molecule has 1 heterocycles. The topological polar surface area (TPSA) is 41.9 Å². The average molecular weight is 509 g/mol. The number of carbonyl (C=O) groups is 1. The third kappa shape index (κ3) is 5.65. The number of para-hydroxylation sites is 1. The van der Waals surface area contributed by atoms with Crippen molar-refractivity contribution < 1.29 is 9.53 Å². The standard InChI is InChI=1S/C26H25BrN2O2S/c1-2-15-31-23-14-13-21(27)16-20(23)17-24-25(30)29(18-19-9-5-3-6-10-19)26(32-24)28-22-11-7-4-8-12-22/h1,4,7-8,11-14,16-17,19H,3,5-6,9-10,15,18H2/b24-17-,28-26?. The first-order valence-corrected chi connectivity index (χ1v) is 12.5. The minimum atomic E-state index is -0.00173. The van der Waals surface area contributed by atoms with E-state index in [-0.39, 0.29) is 12.5 Å². The Balaban J connectivity index is 1.66. The highest BCUT2D eigenvalue weighted by atomic mass is 79.9. The van der Waals surface area contributed by atoms with Gasteiger partial charge in [-0.05, 0) is 66.9 Å². The molecule has 0 unspecified atom stereocenters. The molecule has 1 saturated heterocycles. The van der Waals surface area contributed by atoms with E-state index in [9.17, 15) is 4.79 Å². The van der Waals surface area contributed by atoms with Crippen LogP contribution >= 0.6 is 27.7 Å². The molecule has 6 heteroatoms. The quantitative estimate of drug-likeness (QED) is 0.324. The van der Waals surface area contributed by atoms with Crippen molar-refractivity contribution in [1.29, 1.82) is 0 Å². The van der Waals surface area contributed by atoms with Crippen molar-refractivity contribution in [3.8, 4) is 18.1 Å².